The van der Waals surface area contributed by atoms with Crippen LogP contribution in [0, 0.1) is 13.8 Å². The molecule has 0 N–H and O–H groups in total. The number of hydrogen-bond acceptors (Lipinski definition) is 5. The molecule has 0 fully saturated rings. The molecule has 0 spiro atoms. The lowest BCUT2D eigenvalue weighted by Crippen LogP contribution is -2.29. The first kappa shape index (κ1) is 20.1. The smallest absolute Gasteiger partial charge is 0.291 e. The molecule has 32 heavy (non-hydrogen) atoms. The second-order valence-corrected chi connectivity index (χ2v) is 8.05. The zero-order valence-electron chi connectivity index (χ0n) is 18.2. The van der Waals surface area contributed by atoms with Gasteiger partial charge >= 0.3 is 0 Å². The first-order valence-electron chi connectivity index (χ1n) is 10.6. The Hall–Kier alpha value is -3.80. The van der Waals surface area contributed by atoms with Crippen LogP contribution < -0.4 is 10.2 Å². The summed E-state index contributed by atoms with van der Waals surface area (Å²) in [5, 5.41) is 0.507. The van der Waals surface area contributed by atoms with E-state index in [2.05, 4.69) is 0 Å². The van der Waals surface area contributed by atoms with Crippen molar-refractivity contribution >= 4 is 16.9 Å². The lowest BCUT2D eigenvalue weighted by Gasteiger charge is -2.24. The standard InChI is InChI=1S/C26H23NO5/c1-4-30-18-8-5-7-17(13-18)23-22-24(28)21-16(3)11-15(2)12-20(21)32-25(22)26(29)27(23)14-19-9-6-10-31-19/h5-13,23H,4,14H2,1-3H3. The first-order valence-corrected chi connectivity index (χ1v) is 10.6. The fourth-order valence-corrected chi connectivity index (χ4v) is 4.53. The van der Waals surface area contributed by atoms with E-state index >= 15 is 0 Å². The fourth-order valence-electron chi connectivity index (χ4n) is 4.53. The number of rotatable bonds is 5. The third-order valence-electron chi connectivity index (χ3n) is 5.80. The summed E-state index contributed by atoms with van der Waals surface area (Å²) in [5.74, 6) is 1.06. The maximum Gasteiger partial charge on any atom is 0.291 e. The van der Waals surface area contributed by atoms with E-state index in [1.165, 1.54) is 0 Å². The Morgan fingerprint density at radius 1 is 1.06 bits per heavy atom. The maximum atomic E-state index is 13.7. The molecule has 6 nitrogen and oxygen atoms in total. The summed E-state index contributed by atoms with van der Waals surface area (Å²) in [7, 11) is 0. The highest BCUT2D eigenvalue weighted by atomic mass is 16.5. The van der Waals surface area contributed by atoms with Crippen molar-refractivity contribution in [1.82, 2.24) is 4.90 Å². The Morgan fingerprint density at radius 3 is 2.66 bits per heavy atom. The largest absolute Gasteiger partial charge is 0.494 e. The minimum Gasteiger partial charge on any atom is -0.494 e. The van der Waals surface area contributed by atoms with Gasteiger partial charge in [0.15, 0.2) is 5.43 Å². The number of aryl methyl sites for hydroxylation is 2. The van der Waals surface area contributed by atoms with Crippen LogP contribution in [-0.2, 0) is 6.54 Å². The van der Waals surface area contributed by atoms with E-state index in [-0.39, 0.29) is 23.6 Å². The molecule has 1 atom stereocenters. The number of hydrogen-bond donors (Lipinski definition) is 0. The number of carbonyl (C=O) groups excluding carboxylic acids is 1. The molecule has 1 aliphatic heterocycles. The van der Waals surface area contributed by atoms with Crippen LogP contribution in [0.4, 0.5) is 0 Å². The molecule has 2 aromatic carbocycles. The predicted molar refractivity (Wildman–Crippen MR) is 120 cm³/mol. The lowest BCUT2D eigenvalue weighted by atomic mass is 9.96. The average Bonchev–Trinajstić information content (AvgIpc) is 3.36. The normalized spacial score (nSPS) is 15.4. The molecule has 3 heterocycles. The molecule has 1 unspecified atom stereocenters. The molecule has 162 valence electrons. The van der Waals surface area contributed by atoms with Gasteiger partial charge in [-0.2, -0.15) is 0 Å². The van der Waals surface area contributed by atoms with Crippen LogP contribution in [0.3, 0.4) is 0 Å². The van der Waals surface area contributed by atoms with Gasteiger partial charge in [0.2, 0.25) is 5.76 Å². The van der Waals surface area contributed by atoms with Crippen LogP contribution >= 0.6 is 0 Å². The summed E-state index contributed by atoms with van der Waals surface area (Å²) in [4.78, 5) is 28.9. The van der Waals surface area contributed by atoms with Gasteiger partial charge in [-0.3, -0.25) is 9.59 Å². The van der Waals surface area contributed by atoms with Crippen molar-refractivity contribution in [2.45, 2.75) is 33.4 Å². The third kappa shape index (κ3) is 3.19. The highest BCUT2D eigenvalue weighted by molar-refractivity contribution is 5.99. The number of fused-ring (bicyclic) bond motifs is 2. The van der Waals surface area contributed by atoms with Gasteiger partial charge in [-0.05, 0) is 67.8 Å². The third-order valence-corrected chi connectivity index (χ3v) is 5.80. The minimum atomic E-state index is -0.607. The van der Waals surface area contributed by atoms with Crippen LogP contribution in [-0.4, -0.2) is 17.4 Å². The van der Waals surface area contributed by atoms with Gasteiger partial charge in [-0.15, -0.1) is 0 Å². The molecule has 0 saturated heterocycles. The van der Waals surface area contributed by atoms with Crippen LogP contribution in [0.25, 0.3) is 11.0 Å². The number of ether oxygens (including phenoxy) is 1. The molecule has 0 aliphatic carbocycles. The summed E-state index contributed by atoms with van der Waals surface area (Å²) in [6.07, 6.45) is 1.57. The molecule has 0 bridgehead atoms. The van der Waals surface area contributed by atoms with Gasteiger partial charge in [0.1, 0.15) is 17.1 Å². The van der Waals surface area contributed by atoms with E-state index in [4.69, 9.17) is 13.6 Å². The number of benzene rings is 2. The molecule has 4 aromatic rings. The van der Waals surface area contributed by atoms with Crippen molar-refractivity contribution in [3.05, 3.63) is 98.8 Å². The molecule has 0 radical (unpaired) electrons. The number of carbonyl (C=O) groups is 1. The number of furan rings is 1. The zero-order chi connectivity index (χ0) is 22.4. The van der Waals surface area contributed by atoms with Gasteiger partial charge in [-0.1, -0.05) is 18.2 Å². The van der Waals surface area contributed by atoms with E-state index in [0.29, 0.717) is 34.6 Å². The Labute approximate surface area is 185 Å². The van der Waals surface area contributed by atoms with Crippen LogP contribution in [0.15, 0.2) is 68.4 Å². The maximum absolute atomic E-state index is 13.7. The molecule has 2 aromatic heterocycles. The highest BCUT2D eigenvalue weighted by Gasteiger charge is 2.43. The van der Waals surface area contributed by atoms with Gasteiger partial charge in [0, 0.05) is 0 Å². The Bertz CT molecular complexity index is 1380. The number of amides is 1. The molecule has 6 heteroatoms. The molecular formula is C26H23NO5. The van der Waals surface area contributed by atoms with Crippen molar-refractivity contribution in [2.24, 2.45) is 0 Å². The van der Waals surface area contributed by atoms with Gasteiger partial charge in [-0.25, -0.2) is 0 Å². The SMILES string of the molecule is CCOc1cccc(C2c3c(oc4cc(C)cc(C)c4c3=O)C(=O)N2Cc2ccco2)c1. The minimum absolute atomic E-state index is 0.0888. The van der Waals surface area contributed by atoms with Crippen molar-refractivity contribution < 1.29 is 18.4 Å². The van der Waals surface area contributed by atoms with Gasteiger partial charge in [0.05, 0.1) is 36.4 Å². The van der Waals surface area contributed by atoms with Crippen molar-refractivity contribution in [2.75, 3.05) is 6.61 Å². The molecular weight excluding hydrogens is 406 g/mol. The molecule has 1 aliphatic rings. The monoisotopic (exact) mass is 429 g/mol. The quantitative estimate of drug-likeness (QED) is 0.439. The second-order valence-electron chi connectivity index (χ2n) is 8.05. The summed E-state index contributed by atoms with van der Waals surface area (Å²) < 4.78 is 17.3. The Kier molecular flexibility index (Phi) is 4.85. The summed E-state index contributed by atoms with van der Waals surface area (Å²) in [6, 6.07) is 14.2. The summed E-state index contributed by atoms with van der Waals surface area (Å²) >= 11 is 0. The van der Waals surface area contributed by atoms with Crippen LogP contribution in [0.2, 0.25) is 0 Å². The number of nitrogens with zero attached hydrogens (tertiary/aromatic N) is 1. The van der Waals surface area contributed by atoms with Gasteiger partial charge in [0.25, 0.3) is 5.91 Å². The van der Waals surface area contributed by atoms with Gasteiger partial charge < -0.3 is 18.5 Å². The summed E-state index contributed by atoms with van der Waals surface area (Å²) in [6.45, 7) is 6.47. The summed E-state index contributed by atoms with van der Waals surface area (Å²) in [5.41, 5.74) is 3.19. The first-order chi connectivity index (χ1) is 15.5. The Morgan fingerprint density at radius 2 is 1.91 bits per heavy atom. The molecule has 1 amide bonds. The van der Waals surface area contributed by atoms with Crippen molar-refractivity contribution in [3.8, 4) is 5.75 Å². The van der Waals surface area contributed by atoms with Crippen molar-refractivity contribution in [3.63, 3.8) is 0 Å². The van der Waals surface area contributed by atoms with Crippen LogP contribution in [0.5, 0.6) is 5.75 Å². The average molecular weight is 429 g/mol. The van der Waals surface area contributed by atoms with Crippen molar-refractivity contribution in [1.29, 1.82) is 0 Å². The van der Waals surface area contributed by atoms with E-state index in [9.17, 15) is 9.59 Å². The van der Waals surface area contributed by atoms with E-state index < -0.39 is 6.04 Å². The topological polar surface area (TPSA) is 72.9 Å². The predicted octanol–water partition coefficient (Wildman–Crippen LogP) is 5.15. The van der Waals surface area contributed by atoms with Crippen LogP contribution in [0.1, 0.15) is 51.5 Å². The van der Waals surface area contributed by atoms with E-state index in [0.717, 1.165) is 16.7 Å². The Balaban J connectivity index is 1.75. The van der Waals surface area contributed by atoms with E-state index in [1.807, 2.05) is 57.2 Å². The second kappa shape index (κ2) is 7.71. The molecule has 5 rings (SSSR count). The highest BCUT2D eigenvalue weighted by Crippen LogP contribution is 2.40. The van der Waals surface area contributed by atoms with E-state index in [1.54, 1.807) is 23.3 Å². The lowest BCUT2D eigenvalue weighted by molar-refractivity contribution is 0.0701. The molecule has 0 saturated carbocycles. The zero-order valence-corrected chi connectivity index (χ0v) is 18.2. The fraction of sp³-hybridized carbons (Fsp3) is 0.231.